The summed E-state index contributed by atoms with van der Waals surface area (Å²) in [6.45, 7) is 4.86. The normalized spacial score (nSPS) is 13.4. The van der Waals surface area contributed by atoms with E-state index in [1.54, 1.807) is 18.3 Å². The van der Waals surface area contributed by atoms with Crippen molar-refractivity contribution in [1.29, 1.82) is 0 Å². The molecule has 7 nitrogen and oxygen atoms in total. The topological polar surface area (TPSA) is 86.1 Å². The Morgan fingerprint density at radius 3 is 2.81 bits per heavy atom. The van der Waals surface area contributed by atoms with Crippen molar-refractivity contribution in [2.45, 2.75) is 57.7 Å². The Morgan fingerprint density at radius 1 is 1.22 bits per heavy atom. The number of nitrogens with zero attached hydrogens (tertiary/aromatic N) is 3. The van der Waals surface area contributed by atoms with Gasteiger partial charge in [0.25, 0.3) is 0 Å². The smallest absolute Gasteiger partial charge is 0.341 e. The molecule has 3 aromatic heterocycles. The first-order chi connectivity index (χ1) is 15.6. The molecule has 1 aliphatic carbocycles. The van der Waals surface area contributed by atoms with Crippen LogP contribution in [0.3, 0.4) is 0 Å². The molecule has 0 atom stereocenters. The maximum absolute atomic E-state index is 12.8. The minimum absolute atomic E-state index is 0.166. The molecular formula is C22H26N4O3S3. The average Bonchev–Trinajstić information content (AvgIpc) is 3.48. The maximum atomic E-state index is 12.8. The average molecular weight is 491 g/mol. The molecule has 0 radical (unpaired) electrons. The van der Waals surface area contributed by atoms with Gasteiger partial charge in [-0.2, -0.15) is 0 Å². The first-order valence-electron chi connectivity index (χ1n) is 10.8. The van der Waals surface area contributed by atoms with Crippen molar-refractivity contribution >= 4 is 51.3 Å². The van der Waals surface area contributed by atoms with Gasteiger partial charge in [-0.25, -0.2) is 4.79 Å². The van der Waals surface area contributed by atoms with Gasteiger partial charge in [0.15, 0.2) is 11.0 Å². The molecule has 0 saturated heterocycles. The molecule has 32 heavy (non-hydrogen) atoms. The molecule has 0 unspecified atom stereocenters. The number of thioether (sulfide) groups is 1. The van der Waals surface area contributed by atoms with Crippen molar-refractivity contribution in [1.82, 2.24) is 14.8 Å². The summed E-state index contributed by atoms with van der Waals surface area (Å²) < 4.78 is 7.32. The van der Waals surface area contributed by atoms with Gasteiger partial charge < -0.3 is 14.6 Å². The van der Waals surface area contributed by atoms with Gasteiger partial charge in [-0.1, -0.05) is 24.2 Å². The number of ether oxygens (including phenoxy) is 1. The fourth-order valence-electron chi connectivity index (χ4n) is 3.81. The number of carbonyl (C=O) groups excluding carboxylic acids is 2. The van der Waals surface area contributed by atoms with Crippen LogP contribution in [0.4, 0.5) is 5.00 Å². The van der Waals surface area contributed by atoms with Crippen molar-refractivity contribution < 1.29 is 14.3 Å². The Kier molecular flexibility index (Phi) is 7.64. The number of aromatic nitrogens is 3. The SMILES string of the molecule is CCOC(=O)c1c(NC(=O)CSc2nnc(-c3cccs3)n2CC)sc2c1CCCCC2. The van der Waals surface area contributed by atoms with Gasteiger partial charge in [0, 0.05) is 11.4 Å². The molecule has 0 aromatic carbocycles. The predicted molar refractivity (Wildman–Crippen MR) is 130 cm³/mol. The van der Waals surface area contributed by atoms with Crippen molar-refractivity contribution in [2.75, 3.05) is 17.7 Å². The van der Waals surface area contributed by atoms with E-state index in [1.807, 2.05) is 29.0 Å². The fraction of sp³-hybridized carbons (Fsp3) is 0.455. The number of fused-ring (bicyclic) bond motifs is 1. The maximum Gasteiger partial charge on any atom is 0.341 e. The zero-order valence-electron chi connectivity index (χ0n) is 18.2. The fourth-order valence-corrected chi connectivity index (χ4v) is 6.62. The van der Waals surface area contributed by atoms with Crippen molar-refractivity contribution in [3.8, 4) is 10.7 Å². The van der Waals surface area contributed by atoms with E-state index in [0.717, 1.165) is 54.9 Å². The van der Waals surface area contributed by atoms with Crippen LogP contribution in [0.15, 0.2) is 22.7 Å². The summed E-state index contributed by atoms with van der Waals surface area (Å²) in [6.07, 6.45) is 5.13. The van der Waals surface area contributed by atoms with Crippen LogP contribution in [-0.2, 0) is 28.9 Å². The first-order valence-corrected chi connectivity index (χ1v) is 13.5. The van der Waals surface area contributed by atoms with E-state index < -0.39 is 0 Å². The van der Waals surface area contributed by atoms with E-state index in [4.69, 9.17) is 4.74 Å². The Labute approximate surface area is 199 Å². The summed E-state index contributed by atoms with van der Waals surface area (Å²) in [5.74, 6) is 0.492. The molecule has 0 saturated carbocycles. The lowest BCUT2D eigenvalue weighted by atomic mass is 10.1. The summed E-state index contributed by atoms with van der Waals surface area (Å²) in [5.41, 5.74) is 1.60. The van der Waals surface area contributed by atoms with Gasteiger partial charge in [0.1, 0.15) is 5.00 Å². The molecule has 0 fully saturated rings. The number of thiophene rings is 2. The second-order valence-electron chi connectivity index (χ2n) is 7.35. The number of hydrogen-bond acceptors (Lipinski definition) is 8. The minimum atomic E-state index is -0.346. The summed E-state index contributed by atoms with van der Waals surface area (Å²) >= 11 is 4.48. The molecule has 1 N–H and O–H groups in total. The van der Waals surface area contributed by atoms with Crippen LogP contribution in [0.2, 0.25) is 0 Å². The molecule has 0 bridgehead atoms. The second kappa shape index (κ2) is 10.6. The standard InChI is InChI=1S/C22H26N4O3S3/c1-3-26-19(16-11-8-12-30-16)24-25-22(26)31-13-17(27)23-20-18(21(28)29-4-2)14-9-6-5-7-10-15(14)32-20/h8,11-12H,3-7,9-10,13H2,1-2H3,(H,23,27). The molecule has 0 aliphatic heterocycles. The van der Waals surface area contributed by atoms with Crippen LogP contribution in [0, 0.1) is 0 Å². The number of esters is 1. The number of aryl methyl sites for hydroxylation is 1. The quantitative estimate of drug-likeness (QED) is 0.263. The Balaban J connectivity index is 1.48. The van der Waals surface area contributed by atoms with Gasteiger partial charge in [-0.05, 0) is 56.5 Å². The van der Waals surface area contributed by atoms with Gasteiger partial charge in [0.05, 0.1) is 22.8 Å². The molecule has 170 valence electrons. The third kappa shape index (κ3) is 4.92. The minimum Gasteiger partial charge on any atom is -0.462 e. The van der Waals surface area contributed by atoms with Gasteiger partial charge >= 0.3 is 5.97 Å². The van der Waals surface area contributed by atoms with E-state index in [-0.39, 0.29) is 17.6 Å². The summed E-state index contributed by atoms with van der Waals surface area (Å²) in [4.78, 5) is 27.7. The second-order valence-corrected chi connectivity index (χ2v) is 10.3. The molecule has 3 aromatic rings. The molecule has 4 rings (SSSR count). The zero-order valence-corrected chi connectivity index (χ0v) is 20.6. The molecule has 3 heterocycles. The number of amides is 1. The van der Waals surface area contributed by atoms with E-state index in [2.05, 4.69) is 15.5 Å². The summed E-state index contributed by atoms with van der Waals surface area (Å²) in [7, 11) is 0. The molecular weight excluding hydrogens is 464 g/mol. The van der Waals surface area contributed by atoms with Crippen LogP contribution >= 0.6 is 34.4 Å². The highest BCUT2D eigenvalue weighted by molar-refractivity contribution is 7.99. The molecule has 1 amide bonds. The lowest BCUT2D eigenvalue weighted by Crippen LogP contribution is -2.17. The van der Waals surface area contributed by atoms with Crippen LogP contribution in [0.5, 0.6) is 0 Å². The van der Waals surface area contributed by atoms with E-state index in [9.17, 15) is 9.59 Å². The third-order valence-electron chi connectivity index (χ3n) is 5.26. The Bertz CT molecular complexity index is 1090. The van der Waals surface area contributed by atoms with Crippen molar-refractivity contribution in [3.05, 3.63) is 33.5 Å². The third-order valence-corrected chi connectivity index (χ3v) is 8.30. The van der Waals surface area contributed by atoms with Gasteiger partial charge in [0.2, 0.25) is 5.91 Å². The first kappa shape index (κ1) is 23.0. The highest BCUT2D eigenvalue weighted by atomic mass is 32.2. The Hall–Kier alpha value is -2.17. The Morgan fingerprint density at radius 2 is 2.06 bits per heavy atom. The molecule has 1 aliphatic rings. The van der Waals surface area contributed by atoms with Crippen LogP contribution in [-0.4, -0.2) is 39.0 Å². The number of rotatable bonds is 8. The number of nitrogens with one attached hydrogen (secondary N) is 1. The van der Waals surface area contributed by atoms with E-state index in [0.29, 0.717) is 22.3 Å². The lowest BCUT2D eigenvalue weighted by Gasteiger charge is -2.09. The van der Waals surface area contributed by atoms with Crippen LogP contribution < -0.4 is 5.32 Å². The van der Waals surface area contributed by atoms with Crippen molar-refractivity contribution in [2.24, 2.45) is 0 Å². The lowest BCUT2D eigenvalue weighted by molar-refractivity contribution is -0.113. The van der Waals surface area contributed by atoms with Gasteiger partial charge in [-0.15, -0.1) is 32.9 Å². The molecule has 0 spiro atoms. The monoisotopic (exact) mass is 490 g/mol. The zero-order chi connectivity index (χ0) is 22.5. The summed E-state index contributed by atoms with van der Waals surface area (Å²) in [6, 6.07) is 4.00. The van der Waals surface area contributed by atoms with Crippen LogP contribution in [0.25, 0.3) is 10.7 Å². The summed E-state index contributed by atoms with van der Waals surface area (Å²) in [5, 5.41) is 14.9. The number of carbonyl (C=O) groups is 2. The van der Waals surface area contributed by atoms with Crippen LogP contribution in [0.1, 0.15) is 53.9 Å². The van der Waals surface area contributed by atoms with E-state index in [1.165, 1.54) is 28.0 Å². The molecule has 10 heteroatoms. The van der Waals surface area contributed by atoms with Crippen molar-refractivity contribution in [3.63, 3.8) is 0 Å². The van der Waals surface area contributed by atoms with Gasteiger partial charge in [-0.3, -0.25) is 4.79 Å². The number of hydrogen-bond donors (Lipinski definition) is 1. The highest BCUT2D eigenvalue weighted by Crippen LogP contribution is 2.38. The largest absolute Gasteiger partial charge is 0.462 e. The van der Waals surface area contributed by atoms with E-state index >= 15 is 0 Å². The highest BCUT2D eigenvalue weighted by Gasteiger charge is 2.26. The number of anilines is 1. The predicted octanol–water partition coefficient (Wildman–Crippen LogP) is 5.26.